The number of carbonyl (C=O) groups is 1. The molecule has 0 aromatic carbocycles. The lowest BCUT2D eigenvalue weighted by atomic mass is 9.78. The van der Waals surface area contributed by atoms with Gasteiger partial charge in [0.05, 0.1) is 5.92 Å². The zero-order valence-corrected chi connectivity index (χ0v) is 13.6. The van der Waals surface area contributed by atoms with Gasteiger partial charge in [0, 0.05) is 19.1 Å². The normalized spacial score (nSPS) is 35.5. The van der Waals surface area contributed by atoms with Crippen molar-refractivity contribution in [2.75, 3.05) is 13.1 Å². The maximum absolute atomic E-state index is 12.5. The highest BCUT2D eigenvalue weighted by Crippen LogP contribution is 2.30. The third-order valence-corrected chi connectivity index (χ3v) is 6.69. The molecule has 122 valence electrons. The van der Waals surface area contributed by atoms with Crippen LogP contribution in [0.2, 0.25) is 0 Å². The molecule has 0 aromatic rings. The number of aliphatic carboxylic acids is 1. The van der Waals surface area contributed by atoms with E-state index in [0.717, 1.165) is 19.3 Å². The molecule has 4 atom stereocenters. The van der Waals surface area contributed by atoms with Gasteiger partial charge >= 0.3 is 5.97 Å². The second kappa shape index (κ2) is 6.62. The maximum atomic E-state index is 12.5. The number of nitrogens with zero attached hydrogens (tertiary/aromatic N) is 1. The van der Waals surface area contributed by atoms with E-state index in [0.29, 0.717) is 31.2 Å². The smallest absolute Gasteiger partial charge is 0.307 e. The highest BCUT2D eigenvalue weighted by Gasteiger charge is 2.36. The van der Waals surface area contributed by atoms with Crippen molar-refractivity contribution in [2.45, 2.75) is 52.0 Å². The van der Waals surface area contributed by atoms with Crippen LogP contribution in [0.4, 0.5) is 0 Å². The highest BCUT2D eigenvalue weighted by atomic mass is 32.2. The number of nitrogens with one attached hydrogen (secondary N) is 1. The van der Waals surface area contributed by atoms with Gasteiger partial charge in [-0.2, -0.15) is 17.4 Å². The van der Waals surface area contributed by atoms with Gasteiger partial charge < -0.3 is 5.11 Å². The Labute approximate surface area is 127 Å². The van der Waals surface area contributed by atoms with E-state index in [9.17, 15) is 13.2 Å². The van der Waals surface area contributed by atoms with E-state index in [2.05, 4.69) is 18.6 Å². The SMILES string of the molecule is CC1CCCC(NS(=O)(=O)N2CCCC(C(=O)O)C2)C1C. The summed E-state index contributed by atoms with van der Waals surface area (Å²) in [5.74, 6) is -0.666. The van der Waals surface area contributed by atoms with E-state index >= 15 is 0 Å². The first-order chi connectivity index (χ1) is 9.81. The predicted molar refractivity (Wildman–Crippen MR) is 80.0 cm³/mol. The molecule has 0 aromatic heterocycles. The fourth-order valence-electron chi connectivity index (χ4n) is 3.38. The maximum Gasteiger partial charge on any atom is 0.307 e. The first kappa shape index (κ1) is 16.7. The fourth-order valence-corrected chi connectivity index (χ4v) is 4.99. The van der Waals surface area contributed by atoms with Crippen LogP contribution >= 0.6 is 0 Å². The third-order valence-electron chi connectivity index (χ3n) is 5.08. The summed E-state index contributed by atoms with van der Waals surface area (Å²) in [5.41, 5.74) is 0. The summed E-state index contributed by atoms with van der Waals surface area (Å²) in [5, 5.41) is 9.08. The van der Waals surface area contributed by atoms with E-state index in [1.807, 2.05) is 0 Å². The van der Waals surface area contributed by atoms with Gasteiger partial charge in [0.25, 0.3) is 10.2 Å². The van der Waals surface area contributed by atoms with Crippen LogP contribution in [0.3, 0.4) is 0 Å². The van der Waals surface area contributed by atoms with Crippen LogP contribution in [0, 0.1) is 17.8 Å². The molecule has 1 saturated heterocycles. The zero-order valence-electron chi connectivity index (χ0n) is 12.8. The van der Waals surface area contributed by atoms with Crippen LogP contribution in [0.5, 0.6) is 0 Å². The van der Waals surface area contributed by atoms with Crippen molar-refractivity contribution in [3.05, 3.63) is 0 Å². The minimum Gasteiger partial charge on any atom is -0.481 e. The van der Waals surface area contributed by atoms with Gasteiger partial charge in [0.1, 0.15) is 0 Å². The number of hydrogen-bond acceptors (Lipinski definition) is 3. The Balaban J connectivity index is 2.02. The Bertz CT molecular complexity index is 479. The molecule has 0 radical (unpaired) electrons. The molecule has 1 aliphatic carbocycles. The van der Waals surface area contributed by atoms with Gasteiger partial charge in [0.15, 0.2) is 0 Å². The van der Waals surface area contributed by atoms with Gasteiger partial charge in [-0.05, 0) is 31.1 Å². The van der Waals surface area contributed by atoms with Crippen molar-refractivity contribution in [2.24, 2.45) is 17.8 Å². The molecule has 2 N–H and O–H groups in total. The molecular formula is C14H26N2O4S. The average molecular weight is 318 g/mol. The van der Waals surface area contributed by atoms with Crippen molar-refractivity contribution in [3.8, 4) is 0 Å². The van der Waals surface area contributed by atoms with Crippen molar-refractivity contribution >= 4 is 16.2 Å². The lowest BCUT2D eigenvalue weighted by molar-refractivity contribution is -0.142. The standard InChI is InChI=1S/C14H26N2O4S/c1-10-5-3-7-13(11(10)2)15-21(19,20)16-8-4-6-12(9-16)14(17)18/h10-13,15H,3-9H2,1-2H3,(H,17,18). The summed E-state index contributed by atoms with van der Waals surface area (Å²) in [6, 6.07) is -0.0380. The molecule has 2 fully saturated rings. The quantitative estimate of drug-likeness (QED) is 0.821. The Morgan fingerprint density at radius 3 is 2.57 bits per heavy atom. The van der Waals surface area contributed by atoms with Crippen molar-refractivity contribution in [1.29, 1.82) is 0 Å². The van der Waals surface area contributed by atoms with Crippen LogP contribution in [-0.2, 0) is 15.0 Å². The van der Waals surface area contributed by atoms with Crippen LogP contribution in [0.25, 0.3) is 0 Å². The molecule has 21 heavy (non-hydrogen) atoms. The summed E-state index contributed by atoms with van der Waals surface area (Å²) in [6.45, 7) is 4.75. The Morgan fingerprint density at radius 1 is 1.19 bits per heavy atom. The number of hydrogen-bond donors (Lipinski definition) is 2. The van der Waals surface area contributed by atoms with E-state index in [1.54, 1.807) is 0 Å². The first-order valence-electron chi connectivity index (χ1n) is 7.81. The van der Waals surface area contributed by atoms with Crippen LogP contribution in [0.1, 0.15) is 46.0 Å². The molecule has 7 heteroatoms. The van der Waals surface area contributed by atoms with Crippen LogP contribution in [0.15, 0.2) is 0 Å². The summed E-state index contributed by atoms with van der Waals surface area (Å²) in [6.07, 6.45) is 4.20. The van der Waals surface area contributed by atoms with E-state index in [1.165, 1.54) is 4.31 Å². The lowest BCUT2D eigenvalue weighted by Crippen LogP contribution is -2.52. The van der Waals surface area contributed by atoms with Gasteiger partial charge in [-0.25, -0.2) is 0 Å². The molecule has 6 nitrogen and oxygen atoms in total. The molecule has 1 heterocycles. The van der Waals surface area contributed by atoms with Crippen molar-refractivity contribution in [1.82, 2.24) is 9.03 Å². The second-order valence-electron chi connectivity index (χ2n) is 6.53. The molecule has 0 bridgehead atoms. The predicted octanol–water partition coefficient (Wildman–Crippen LogP) is 1.44. The molecule has 0 spiro atoms. The minimum absolute atomic E-state index is 0.0380. The highest BCUT2D eigenvalue weighted by molar-refractivity contribution is 7.87. The minimum atomic E-state index is -3.59. The molecule has 1 saturated carbocycles. The van der Waals surface area contributed by atoms with Gasteiger partial charge in [-0.1, -0.05) is 26.7 Å². The van der Waals surface area contributed by atoms with Crippen molar-refractivity contribution in [3.63, 3.8) is 0 Å². The Kier molecular flexibility index (Phi) is 5.27. The monoisotopic (exact) mass is 318 g/mol. The molecular weight excluding hydrogens is 292 g/mol. The summed E-state index contributed by atoms with van der Waals surface area (Å²) < 4.78 is 29.1. The van der Waals surface area contributed by atoms with Crippen LogP contribution < -0.4 is 4.72 Å². The average Bonchev–Trinajstić information content (AvgIpc) is 2.44. The number of carboxylic acid groups (broad SMARTS) is 1. The third kappa shape index (κ3) is 3.96. The van der Waals surface area contributed by atoms with Crippen molar-refractivity contribution < 1.29 is 18.3 Å². The molecule has 1 aliphatic heterocycles. The van der Waals surface area contributed by atoms with Gasteiger partial charge in [-0.3, -0.25) is 4.79 Å². The van der Waals surface area contributed by atoms with E-state index < -0.39 is 22.1 Å². The largest absolute Gasteiger partial charge is 0.481 e. The zero-order chi connectivity index (χ0) is 15.6. The van der Waals surface area contributed by atoms with E-state index in [4.69, 9.17) is 5.11 Å². The van der Waals surface area contributed by atoms with Crippen LogP contribution in [-0.4, -0.2) is 42.9 Å². The first-order valence-corrected chi connectivity index (χ1v) is 9.25. The second-order valence-corrected chi connectivity index (χ2v) is 8.23. The molecule has 2 aliphatic rings. The summed E-state index contributed by atoms with van der Waals surface area (Å²) in [7, 11) is -3.59. The Hall–Kier alpha value is -0.660. The topological polar surface area (TPSA) is 86.7 Å². The Morgan fingerprint density at radius 2 is 1.90 bits per heavy atom. The van der Waals surface area contributed by atoms with Gasteiger partial charge in [0.2, 0.25) is 0 Å². The fraction of sp³-hybridized carbons (Fsp3) is 0.929. The number of piperidine rings is 1. The summed E-state index contributed by atoms with van der Waals surface area (Å²) >= 11 is 0. The number of rotatable bonds is 4. The molecule has 0 amide bonds. The lowest BCUT2D eigenvalue weighted by Gasteiger charge is -2.37. The molecule has 4 unspecified atom stereocenters. The van der Waals surface area contributed by atoms with Gasteiger partial charge in [-0.15, -0.1) is 0 Å². The molecule has 2 rings (SSSR count). The summed E-state index contributed by atoms with van der Waals surface area (Å²) in [4.78, 5) is 11.1. The number of carboxylic acids is 1. The van der Waals surface area contributed by atoms with E-state index in [-0.39, 0.29) is 12.6 Å².